The lowest BCUT2D eigenvalue weighted by Crippen LogP contribution is -2.44. The number of aromatic nitrogens is 1. The summed E-state index contributed by atoms with van der Waals surface area (Å²) >= 11 is 0. The van der Waals surface area contributed by atoms with Gasteiger partial charge in [0.05, 0.1) is 11.2 Å². The van der Waals surface area contributed by atoms with Crippen molar-refractivity contribution in [3.63, 3.8) is 0 Å². The third-order valence-electron chi connectivity index (χ3n) is 4.50. The zero-order valence-electron chi connectivity index (χ0n) is 12.4. The maximum atomic E-state index is 12.4. The molecule has 1 aliphatic rings. The Morgan fingerprint density at radius 2 is 2.00 bits per heavy atom. The van der Waals surface area contributed by atoms with Gasteiger partial charge in [0.25, 0.3) is 5.91 Å². The van der Waals surface area contributed by atoms with Crippen LogP contribution in [-0.4, -0.2) is 27.7 Å². The summed E-state index contributed by atoms with van der Waals surface area (Å²) in [5.41, 5.74) is 0.991. The van der Waals surface area contributed by atoms with Gasteiger partial charge in [-0.2, -0.15) is 0 Å². The van der Waals surface area contributed by atoms with E-state index in [0.717, 1.165) is 36.6 Å². The van der Waals surface area contributed by atoms with Crippen molar-refractivity contribution in [2.75, 3.05) is 6.54 Å². The topological polar surface area (TPSA) is 54.3 Å². The van der Waals surface area contributed by atoms with E-state index in [9.17, 15) is 9.90 Å². The van der Waals surface area contributed by atoms with Gasteiger partial charge in [-0.15, -0.1) is 0 Å². The van der Waals surface area contributed by atoms with E-state index in [0.29, 0.717) is 12.1 Å². The van der Waals surface area contributed by atoms with E-state index < -0.39 is 5.60 Å². The number of hydrogen-bond acceptors (Lipinski definition) is 2. The Labute approximate surface area is 124 Å². The molecule has 0 saturated heterocycles. The van der Waals surface area contributed by atoms with Crippen molar-refractivity contribution in [2.45, 2.75) is 37.7 Å². The molecule has 1 aromatic heterocycles. The Morgan fingerprint density at radius 3 is 2.76 bits per heavy atom. The van der Waals surface area contributed by atoms with Gasteiger partial charge in [-0.3, -0.25) is 4.79 Å². The molecule has 0 bridgehead atoms. The molecule has 4 heteroatoms. The molecule has 1 heterocycles. The molecular weight excluding hydrogens is 264 g/mol. The van der Waals surface area contributed by atoms with Gasteiger partial charge >= 0.3 is 0 Å². The fourth-order valence-electron chi connectivity index (χ4n) is 3.25. The van der Waals surface area contributed by atoms with Crippen molar-refractivity contribution in [3.05, 3.63) is 36.0 Å². The predicted octanol–water partition coefficient (Wildman–Crippen LogP) is 2.60. The molecule has 0 radical (unpaired) electrons. The first-order valence-corrected chi connectivity index (χ1v) is 7.64. The molecule has 1 amide bonds. The molecule has 1 aromatic carbocycles. The van der Waals surface area contributed by atoms with E-state index in [1.807, 2.05) is 42.1 Å². The summed E-state index contributed by atoms with van der Waals surface area (Å²) in [6.07, 6.45) is 6.68. The van der Waals surface area contributed by atoms with Gasteiger partial charge in [0.1, 0.15) is 0 Å². The lowest BCUT2D eigenvalue weighted by molar-refractivity contribution is 0.00527. The number of rotatable bonds is 3. The third-order valence-corrected chi connectivity index (χ3v) is 4.50. The molecule has 2 N–H and O–H groups in total. The monoisotopic (exact) mass is 286 g/mol. The fraction of sp³-hybridized carbons (Fsp3) is 0.471. The molecule has 1 aliphatic carbocycles. The van der Waals surface area contributed by atoms with Crippen LogP contribution < -0.4 is 5.32 Å². The van der Waals surface area contributed by atoms with Crippen LogP contribution in [-0.2, 0) is 7.05 Å². The summed E-state index contributed by atoms with van der Waals surface area (Å²) in [5.74, 6) is -0.106. The second-order valence-corrected chi connectivity index (χ2v) is 6.14. The molecule has 1 fully saturated rings. The van der Waals surface area contributed by atoms with Crippen molar-refractivity contribution < 1.29 is 9.90 Å². The number of fused-ring (bicyclic) bond motifs is 1. The molecule has 2 aromatic rings. The largest absolute Gasteiger partial charge is 0.388 e. The molecule has 112 valence electrons. The Bertz CT molecular complexity index is 654. The highest BCUT2D eigenvalue weighted by Crippen LogP contribution is 2.27. The van der Waals surface area contributed by atoms with Crippen LogP contribution in [0.5, 0.6) is 0 Å². The van der Waals surface area contributed by atoms with Crippen molar-refractivity contribution in [1.82, 2.24) is 9.88 Å². The molecule has 3 rings (SSSR count). The van der Waals surface area contributed by atoms with Crippen molar-refractivity contribution in [2.24, 2.45) is 7.05 Å². The Balaban J connectivity index is 1.75. The highest BCUT2D eigenvalue weighted by molar-refractivity contribution is 6.06. The van der Waals surface area contributed by atoms with E-state index >= 15 is 0 Å². The highest BCUT2D eigenvalue weighted by atomic mass is 16.3. The summed E-state index contributed by atoms with van der Waals surface area (Å²) in [6.45, 7) is 0.342. The Hall–Kier alpha value is -1.81. The van der Waals surface area contributed by atoms with Crippen molar-refractivity contribution in [1.29, 1.82) is 0 Å². The number of amides is 1. The first-order chi connectivity index (χ1) is 10.1. The van der Waals surface area contributed by atoms with Crippen LogP contribution in [0.3, 0.4) is 0 Å². The second kappa shape index (κ2) is 5.53. The van der Waals surface area contributed by atoms with Gasteiger partial charge in [0.15, 0.2) is 0 Å². The van der Waals surface area contributed by atoms with Gasteiger partial charge in [-0.25, -0.2) is 0 Å². The molecule has 1 saturated carbocycles. The average Bonchev–Trinajstić information content (AvgIpc) is 2.84. The number of benzene rings is 1. The molecule has 0 spiro atoms. The van der Waals surface area contributed by atoms with Crippen LogP contribution in [0.1, 0.15) is 42.5 Å². The maximum Gasteiger partial charge on any atom is 0.253 e. The number of aryl methyl sites for hydroxylation is 1. The minimum absolute atomic E-state index is 0.106. The standard InChI is InChI=1S/C17H22N2O2/c1-19-11-14(13-7-3-4-8-15(13)19)16(20)18-12-17(21)9-5-2-6-10-17/h3-4,7-8,11,21H,2,5-6,9-10,12H2,1H3,(H,18,20). The number of nitrogens with zero attached hydrogens (tertiary/aromatic N) is 1. The number of carbonyl (C=O) groups is 1. The van der Waals surface area contributed by atoms with Gasteiger partial charge < -0.3 is 15.0 Å². The van der Waals surface area contributed by atoms with Crippen molar-refractivity contribution >= 4 is 16.8 Å². The highest BCUT2D eigenvalue weighted by Gasteiger charge is 2.29. The lowest BCUT2D eigenvalue weighted by atomic mass is 9.85. The van der Waals surface area contributed by atoms with E-state index in [2.05, 4.69) is 5.32 Å². The number of carbonyl (C=O) groups excluding carboxylic acids is 1. The van der Waals surface area contributed by atoms with Crippen LogP contribution >= 0.6 is 0 Å². The Kier molecular flexibility index (Phi) is 3.72. The summed E-state index contributed by atoms with van der Waals surface area (Å²) in [6, 6.07) is 7.86. The normalized spacial score (nSPS) is 17.8. The maximum absolute atomic E-state index is 12.4. The molecule has 21 heavy (non-hydrogen) atoms. The molecule has 4 nitrogen and oxygen atoms in total. The SMILES string of the molecule is Cn1cc(C(=O)NCC2(O)CCCCC2)c2ccccc21. The number of hydrogen-bond donors (Lipinski definition) is 2. The van der Waals surface area contributed by atoms with Crippen LogP contribution in [0.4, 0.5) is 0 Å². The smallest absolute Gasteiger partial charge is 0.253 e. The molecule has 0 unspecified atom stereocenters. The summed E-state index contributed by atoms with van der Waals surface area (Å²) < 4.78 is 1.96. The van der Waals surface area contributed by atoms with E-state index in [4.69, 9.17) is 0 Å². The first-order valence-electron chi connectivity index (χ1n) is 7.64. The van der Waals surface area contributed by atoms with E-state index in [-0.39, 0.29) is 5.91 Å². The van der Waals surface area contributed by atoms with Crippen LogP contribution in [0.15, 0.2) is 30.5 Å². The zero-order chi connectivity index (χ0) is 14.9. The molecule has 0 aliphatic heterocycles. The van der Waals surface area contributed by atoms with Gasteiger partial charge in [0.2, 0.25) is 0 Å². The number of nitrogens with one attached hydrogen (secondary N) is 1. The molecular formula is C17H22N2O2. The molecule has 0 atom stereocenters. The van der Waals surface area contributed by atoms with Crippen LogP contribution in [0.2, 0.25) is 0 Å². The summed E-state index contributed by atoms with van der Waals surface area (Å²) in [7, 11) is 1.94. The summed E-state index contributed by atoms with van der Waals surface area (Å²) in [5, 5.41) is 14.3. The second-order valence-electron chi connectivity index (χ2n) is 6.14. The third kappa shape index (κ3) is 2.81. The fourth-order valence-corrected chi connectivity index (χ4v) is 3.25. The summed E-state index contributed by atoms with van der Waals surface area (Å²) in [4.78, 5) is 12.4. The van der Waals surface area contributed by atoms with Crippen LogP contribution in [0, 0.1) is 0 Å². The zero-order valence-corrected chi connectivity index (χ0v) is 12.4. The number of aliphatic hydroxyl groups is 1. The van der Waals surface area contributed by atoms with Gasteiger partial charge in [0, 0.05) is 30.7 Å². The lowest BCUT2D eigenvalue weighted by Gasteiger charge is -2.32. The minimum atomic E-state index is -0.724. The van der Waals surface area contributed by atoms with E-state index in [1.54, 1.807) is 0 Å². The van der Waals surface area contributed by atoms with Crippen LogP contribution in [0.25, 0.3) is 10.9 Å². The average molecular weight is 286 g/mol. The minimum Gasteiger partial charge on any atom is -0.388 e. The van der Waals surface area contributed by atoms with Gasteiger partial charge in [-0.05, 0) is 18.9 Å². The van der Waals surface area contributed by atoms with Crippen molar-refractivity contribution in [3.8, 4) is 0 Å². The first kappa shape index (κ1) is 14.1. The number of para-hydroxylation sites is 1. The predicted molar refractivity (Wildman–Crippen MR) is 83.3 cm³/mol. The van der Waals surface area contributed by atoms with E-state index in [1.165, 1.54) is 6.42 Å². The van der Waals surface area contributed by atoms with Gasteiger partial charge in [-0.1, -0.05) is 37.5 Å². The Morgan fingerprint density at radius 1 is 1.29 bits per heavy atom. The quantitative estimate of drug-likeness (QED) is 0.911.